The lowest BCUT2D eigenvalue weighted by Gasteiger charge is -2.27. The first-order valence-corrected chi connectivity index (χ1v) is 8.96. The van der Waals surface area contributed by atoms with E-state index in [4.69, 9.17) is 21.8 Å². The fraction of sp³-hybridized carbons (Fsp3) is 0.375. The Bertz CT molecular complexity index is 872. The average molecular weight is 367 g/mol. The zero-order valence-electron chi connectivity index (χ0n) is 12.8. The highest BCUT2D eigenvalue weighted by molar-refractivity contribution is 7.18. The molecule has 1 aliphatic heterocycles. The van der Waals surface area contributed by atoms with Crippen LogP contribution in [-0.4, -0.2) is 34.1 Å². The highest BCUT2D eigenvalue weighted by Crippen LogP contribution is 2.32. The molecule has 4 heterocycles. The van der Waals surface area contributed by atoms with E-state index in [-0.39, 0.29) is 5.22 Å². The summed E-state index contributed by atoms with van der Waals surface area (Å²) >= 11 is 7.39. The van der Waals surface area contributed by atoms with Crippen LogP contribution in [0.25, 0.3) is 21.8 Å². The summed E-state index contributed by atoms with van der Waals surface area (Å²) in [6.45, 7) is 2.36. The number of alkyl halides is 1. The Labute approximate surface area is 147 Å². The van der Waals surface area contributed by atoms with Crippen molar-refractivity contribution < 1.29 is 8.81 Å². The van der Waals surface area contributed by atoms with E-state index >= 15 is 0 Å². The Balaban J connectivity index is 1.61. The molecule has 1 aliphatic rings. The number of nitrogens with two attached hydrogens (primary N) is 1. The number of fused-ring (bicyclic) bond motifs is 1. The smallest absolute Gasteiger partial charge is 0.199 e. The zero-order chi connectivity index (χ0) is 16.7. The predicted octanol–water partition coefficient (Wildman–Crippen LogP) is 4.12. The van der Waals surface area contributed by atoms with Crippen LogP contribution in [-0.2, 0) is 6.54 Å². The van der Waals surface area contributed by atoms with Crippen molar-refractivity contribution in [3.05, 3.63) is 28.3 Å². The molecule has 0 amide bonds. The van der Waals surface area contributed by atoms with Gasteiger partial charge in [-0.3, -0.25) is 4.90 Å². The third kappa shape index (κ3) is 3.11. The van der Waals surface area contributed by atoms with Crippen LogP contribution >= 0.6 is 22.9 Å². The van der Waals surface area contributed by atoms with Gasteiger partial charge >= 0.3 is 0 Å². The number of piperidine rings is 1. The Hall–Kier alpha value is -1.70. The van der Waals surface area contributed by atoms with Crippen molar-refractivity contribution in [3.8, 4) is 11.6 Å². The maximum absolute atomic E-state index is 13.2. The number of rotatable bonds is 3. The normalized spacial score (nSPS) is 16.9. The van der Waals surface area contributed by atoms with Crippen LogP contribution in [0.5, 0.6) is 0 Å². The summed E-state index contributed by atoms with van der Waals surface area (Å²) in [5.41, 5.74) is 6.08. The average Bonchev–Trinajstić information content (AvgIpc) is 3.16. The molecular formula is C16H16ClFN4OS. The molecule has 4 rings (SSSR count). The second kappa shape index (κ2) is 6.31. The van der Waals surface area contributed by atoms with Gasteiger partial charge in [-0.2, -0.15) is 0 Å². The first-order chi connectivity index (χ1) is 11.6. The second-order valence-electron chi connectivity index (χ2n) is 5.92. The second-order valence-corrected chi connectivity index (χ2v) is 7.41. The molecule has 0 unspecified atom stereocenters. The van der Waals surface area contributed by atoms with Crippen molar-refractivity contribution in [3.63, 3.8) is 0 Å². The largest absolute Gasteiger partial charge is 0.441 e. The van der Waals surface area contributed by atoms with E-state index in [0.717, 1.165) is 34.7 Å². The van der Waals surface area contributed by atoms with Crippen molar-refractivity contribution in [2.24, 2.45) is 0 Å². The molecule has 3 aromatic rings. The van der Waals surface area contributed by atoms with Crippen LogP contribution in [0.4, 0.5) is 10.2 Å². The van der Waals surface area contributed by atoms with E-state index in [0.29, 0.717) is 30.2 Å². The van der Waals surface area contributed by atoms with Crippen LogP contribution in [0.15, 0.2) is 22.6 Å². The Morgan fingerprint density at radius 1 is 1.33 bits per heavy atom. The molecule has 5 nitrogen and oxygen atoms in total. The van der Waals surface area contributed by atoms with Gasteiger partial charge in [0.2, 0.25) is 0 Å². The van der Waals surface area contributed by atoms with Crippen LogP contribution < -0.4 is 5.73 Å². The van der Waals surface area contributed by atoms with E-state index in [1.54, 1.807) is 23.5 Å². The number of hydrogen-bond acceptors (Lipinski definition) is 6. The summed E-state index contributed by atoms with van der Waals surface area (Å²) in [4.78, 5) is 13.1. The van der Waals surface area contributed by atoms with Crippen LogP contribution in [0.2, 0.25) is 5.22 Å². The lowest BCUT2D eigenvalue weighted by Crippen LogP contribution is -2.33. The molecule has 2 N–H and O–H groups in total. The van der Waals surface area contributed by atoms with Gasteiger partial charge in [-0.15, -0.1) is 11.3 Å². The first kappa shape index (κ1) is 15.8. The minimum Gasteiger partial charge on any atom is -0.441 e. The lowest BCUT2D eigenvalue weighted by molar-refractivity contribution is 0.146. The highest BCUT2D eigenvalue weighted by Gasteiger charge is 2.20. The van der Waals surface area contributed by atoms with Crippen molar-refractivity contribution >= 4 is 39.0 Å². The van der Waals surface area contributed by atoms with Crippen molar-refractivity contribution in [2.75, 3.05) is 18.8 Å². The van der Waals surface area contributed by atoms with Crippen molar-refractivity contribution in [1.29, 1.82) is 0 Å². The van der Waals surface area contributed by atoms with E-state index in [2.05, 4.69) is 14.9 Å². The number of thiophene rings is 1. The Morgan fingerprint density at radius 3 is 2.83 bits per heavy atom. The Morgan fingerprint density at radius 2 is 2.12 bits per heavy atom. The monoisotopic (exact) mass is 366 g/mol. The van der Waals surface area contributed by atoms with Crippen molar-refractivity contribution in [2.45, 2.75) is 25.6 Å². The minimum absolute atomic E-state index is 0.287. The molecule has 1 fully saturated rings. The standard InChI is InChI=1S/C16H16ClFN4OS/c17-13-2-1-12(23-13)15-20-14(19)11-7-10(24-16(11)21-15)8-22-5-3-9(18)4-6-22/h1-2,7,9H,3-6,8H2,(H2,19,20,21). The topological polar surface area (TPSA) is 68.2 Å². The van der Waals surface area contributed by atoms with Gasteiger partial charge < -0.3 is 10.2 Å². The quantitative estimate of drug-likeness (QED) is 0.755. The molecule has 3 aromatic heterocycles. The number of aromatic nitrogens is 2. The molecule has 0 radical (unpaired) electrons. The SMILES string of the molecule is Nc1nc(-c2ccc(Cl)o2)nc2sc(CN3CCC(F)CC3)cc12. The molecule has 1 saturated heterocycles. The number of hydrogen-bond donors (Lipinski definition) is 1. The van der Waals surface area contributed by atoms with Crippen LogP contribution in [0, 0.1) is 0 Å². The molecule has 0 atom stereocenters. The molecule has 0 spiro atoms. The highest BCUT2D eigenvalue weighted by atomic mass is 35.5. The van der Waals surface area contributed by atoms with Gasteiger partial charge in [0.25, 0.3) is 0 Å². The lowest BCUT2D eigenvalue weighted by atomic mass is 10.1. The van der Waals surface area contributed by atoms with Crippen LogP contribution in [0.1, 0.15) is 17.7 Å². The molecule has 0 aliphatic carbocycles. The fourth-order valence-electron chi connectivity index (χ4n) is 2.90. The maximum Gasteiger partial charge on any atom is 0.199 e. The van der Waals surface area contributed by atoms with E-state index < -0.39 is 6.17 Å². The summed E-state index contributed by atoms with van der Waals surface area (Å²) in [6.07, 6.45) is 0.555. The number of likely N-dealkylation sites (tertiary alicyclic amines) is 1. The Kier molecular flexibility index (Phi) is 4.15. The number of furan rings is 1. The predicted molar refractivity (Wildman–Crippen MR) is 93.9 cm³/mol. The molecular weight excluding hydrogens is 351 g/mol. The summed E-state index contributed by atoms with van der Waals surface area (Å²) in [5, 5.41) is 1.13. The third-order valence-electron chi connectivity index (χ3n) is 4.16. The van der Waals surface area contributed by atoms with Gasteiger partial charge in [0.05, 0.1) is 5.39 Å². The van der Waals surface area contributed by atoms with Gasteiger partial charge in [0.1, 0.15) is 16.8 Å². The van der Waals surface area contributed by atoms with Crippen molar-refractivity contribution in [1.82, 2.24) is 14.9 Å². The first-order valence-electron chi connectivity index (χ1n) is 7.76. The minimum atomic E-state index is -0.659. The van der Waals surface area contributed by atoms with E-state index in [1.807, 2.05) is 6.07 Å². The van der Waals surface area contributed by atoms with E-state index in [9.17, 15) is 4.39 Å². The number of halogens is 2. The molecule has 0 aromatic carbocycles. The molecule has 24 heavy (non-hydrogen) atoms. The number of anilines is 1. The molecule has 0 bridgehead atoms. The van der Waals surface area contributed by atoms with E-state index in [1.165, 1.54) is 0 Å². The number of nitrogen functional groups attached to an aromatic ring is 1. The van der Waals surface area contributed by atoms with Crippen LogP contribution in [0.3, 0.4) is 0 Å². The zero-order valence-corrected chi connectivity index (χ0v) is 14.4. The third-order valence-corrected chi connectivity index (χ3v) is 5.38. The van der Waals surface area contributed by atoms with Gasteiger partial charge in [0.15, 0.2) is 16.8 Å². The molecule has 126 valence electrons. The summed E-state index contributed by atoms with van der Waals surface area (Å²) in [5.74, 6) is 1.35. The van der Waals surface area contributed by atoms with Gasteiger partial charge in [-0.25, -0.2) is 14.4 Å². The molecule has 8 heteroatoms. The number of nitrogens with zero attached hydrogens (tertiary/aromatic N) is 3. The van der Waals surface area contributed by atoms with Gasteiger partial charge in [-0.1, -0.05) is 0 Å². The summed E-state index contributed by atoms with van der Waals surface area (Å²) in [6, 6.07) is 5.39. The van der Waals surface area contributed by atoms with Gasteiger partial charge in [-0.05, 0) is 42.6 Å². The maximum atomic E-state index is 13.2. The molecule has 0 saturated carbocycles. The fourth-order valence-corrected chi connectivity index (χ4v) is 4.12. The van der Waals surface area contributed by atoms with Gasteiger partial charge in [0, 0.05) is 24.5 Å². The summed E-state index contributed by atoms with van der Waals surface area (Å²) < 4.78 is 18.6. The summed E-state index contributed by atoms with van der Waals surface area (Å²) in [7, 11) is 0.